The molecule has 0 fully saturated rings. The predicted molar refractivity (Wildman–Crippen MR) is 151 cm³/mol. The Hall–Kier alpha value is -3.14. The molecule has 0 aliphatic heterocycles. The van der Waals surface area contributed by atoms with Gasteiger partial charge in [0, 0.05) is 15.6 Å². The molecule has 0 radical (unpaired) electrons. The van der Waals surface area contributed by atoms with E-state index in [0.717, 1.165) is 46.3 Å². The molecule has 0 spiro atoms. The van der Waals surface area contributed by atoms with Crippen LogP contribution in [0.5, 0.6) is 0 Å². The summed E-state index contributed by atoms with van der Waals surface area (Å²) >= 11 is 9.08. The highest BCUT2D eigenvalue weighted by Gasteiger charge is 2.27. The fourth-order valence-corrected chi connectivity index (χ4v) is 7.11. The summed E-state index contributed by atoms with van der Waals surface area (Å²) in [7, 11) is 0. The number of aryl methyl sites for hydroxylation is 2. The third-order valence-electron chi connectivity index (χ3n) is 6.76. The number of thioether (sulfide) groups is 1. The van der Waals surface area contributed by atoms with Crippen LogP contribution in [0.3, 0.4) is 0 Å². The van der Waals surface area contributed by atoms with Gasteiger partial charge in [-0.05, 0) is 73.6 Å². The molecule has 1 atom stereocenters. The first kappa shape index (κ1) is 24.2. The van der Waals surface area contributed by atoms with Gasteiger partial charge in [0.25, 0.3) is 5.56 Å². The van der Waals surface area contributed by atoms with Crippen LogP contribution in [0.4, 0.5) is 5.69 Å². The van der Waals surface area contributed by atoms with Gasteiger partial charge in [0.1, 0.15) is 4.83 Å². The Kier molecular flexibility index (Phi) is 6.30. The monoisotopic (exact) mass is 549 g/mol. The lowest BCUT2D eigenvalue weighted by molar-refractivity contribution is -0.113. The first-order valence-electron chi connectivity index (χ1n) is 12.1. The quantitative estimate of drug-likeness (QED) is 0.275. The number of carbonyl (C=O) groups is 1. The highest BCUT2D eigenvalue weighted by atomic mass is 35.5. The van der Waals surface area contributed by atoms with Crippen LogP contribution < -0.4 is 10.9 Å². The second-order valence-corrected chi connectivity index (χ2v) is 11.9. The summed E-state index contributed by atoms with van der Waals surface area (Å²) in [4.78, 5) is 28.8. The molecule has 0 bridgehead atoms. The van der Waals surface area contributed by atoms with Gasteiger partial charge in [-0.1, -0.05) is 48.5 Å². The van der Waals surface area contributed by atoms with Crippen LogP contribution in [0.1, 0.15) is 29.3 Å². The van der Waals surface area contributed by atoms with E-state index in [0.29, 0.717) is 27.6 Å². The molecule has 7 nitrogen and oxygen atoms in total. The largest absolute Gasteiger partial charge is 0.325 e. The number of hydrogen-bond donors (Lipinski definition) is 1. The number of nitrogens with one attached hydrogen (secondary N) is 1. The van der Waals surface area contributed by atoms with E-state index in [9.17, 15) is 9.59 Å². The molecule has 0 saturated heterocycles. The van der Waals surface area contributed by atoms with Crippen LogP contribution in [-0.2, 0) is 17.6 Å². The van der Waals surface area contributed by atoms with Crippen LogP contribution in [0, 0.1) is 12.8 Å². The number of carbonyl (C=O) groups excluding carboxylic acids is 1. The molecule has 0 saturated carbocycles. The van der Waals surface area contributed by atoms with E-state index in [4.69, 9.17) is 11.6 Å². The van der Waals surface area contributed by atoms with Gasteiger partial charge in [0.2, 0.25) is 11.7 Å². The summed E-state index contributed by atoms with van der Waals surface area (Å²) in [6, 6.07) is 14.8. The molecule has 1 N–H and O–H groups in total. The molecule has 1 aliphatic rings. The predicted octanol–water partition coefficient (Wildman–Crippen LogP) is 5.91. The van der Waals surface area contributed by atoms with Gasteiger partial charge in [-0.2, -0.15) is 0 Å². The smallest absolute Gasteiger partial charge is 0.268 e. The second kappa shape index (κ2) is 9.63. The van der Waals surface area contributed by atoms with Crippen molar-refractivity contribution < 1.29 is 4.79 Å². The van der Waals surface area contributed by atoms with E-state index in [2.05, 4.69) is 22.4 Å². The van der Waals surface area contributed by atoms with Gasteiger partial charge < -0.3 is 5.32 Å². The second-order valence-electron chi connectivity index (χ2n) is 9.42. The minimum atomic E-state index is -0.127. The standard InChI is InChI=1S/C27H24ClN5O2S2/c1-15-7-12-21-19(13-15)23-24(35)32(18-10-8-17(28)9-11-18)26-30-31-27(33(26)25(23)37-21)36-14-22(34)29-20-6-4-3-5-16(20)2/h3-6,8-11,15H,7,12-14H2,1-2H3,(H,29,34). The van der Waals surface area contributed by atoms with Crippen molar-refractivity contribution in [3.8, 4) is 5.69 Å². The number of thiophene rings is 1. The van der Waals surface area contributed by atoms with Gasteiger partial charge in [0.05, 0.1) is 16.8 Å². The third-order valence-corrected chi connectivity index (χ3v) is 9.22. The first-order valence-corrected chi connectivity index (χ1v) is 14.3. The normalized spacial score (nSPS) is 15.3. The number of benzene rings is 2. The lowest BCUT2D eigenvalue weighted by atomic mass is 9.89. The molecule has 3 aromatic heterocycles. The van der Waals surface area contributed by atoms with Crippen molar-refractivity contribution in [3.63, 3.8) is 0 Å². The summed E-state index contributed by atoms with van der Waals surface area (Å²) in [6.07, 6.45) is 2.94. The van der Waals surface area contributed by atoms with Gasteiger partial charge in [-0.15, -0.1) is 21.5 Å². The van der Waals surface area contributed by atoms with Crippen molar-refractivity contribution in [2.45, 2.75) is 38.3 Å². The van der Waals surface area contributed by atoms with Crippen molar-refractivity contribution in [3.05, 3.63) is 79.9 Å². The summed E-state index contributed by atoms with van der Waals surface area (Å²) in [5, 5.41) is 13.7. The number of aromatic nitrogens is 4. The molecule has 1 amide bonds. The van der Waals surface area contributed by atoms with Gasteiger partial charge in [0.15, 0.2) is 5.16 Å². The Labute approximate surface area is 226 Å². The Morgan fingerprint density at radius 1 is 1.19 bits per heavy atom. The van der Waals surface area contributed by atoms with Gasteiger partial charge in [-0.3, -0.25) is 9.59 Å². The van der Waals surface area contributed by atoms with Crippen LogP contribution in [0.2, 0.25) is 5.02 Å². The molecule has 10 heteroatoms. The highest BCUT2D eigenvalue weighted by molar-refractivity contribution is 7.99. The average Bonchev–Trinajstić information content (AvgIpc) is 3.47. The molecule has 1 unspecified atom stereocenters. The van der Waals surface area contributed by atoms with Crippen LogP contribution >= 0.6 is 34.7 Å². The number of anilines is 1. The molecule has 2 aromatic carbocycles. The minimum Gasteiger partial charge on any atom is -0.325 e. The summed E-state index contributed by atoms with van der Waals surface area (Å²) in [5.41, 5.74) is 3.50. The zero-order valence-corrected chi connectivity index (χ0v) is 22.7. The van der Waals surface area contributed by atoms with E-state index < -0.39 is 0 Å². The SMILES string of the molecule is Cc1ccccc1NC(=O)CSc1nnc2n(-c3ccc(Cl)cc3)c(=O)c3c4c(sc3n12)CCC(C)C4. The fourth-order valence-electron chi connectivity index (χ4n) is 4.86. The molecule has 188 valence electrons. The van der Waals surface area contributed by atoms with Crippen molar-refractivity contribution in [1.29, 1.82) is 0 Å². The topological polar surface area (TPSA) is 81.3 Å². The van der Waals surface area contributed by atoms with E-state index in [1.807, 2.05) is 47.7 Å². The number of rotatable bonds is 5. The lowest BCUT2D eigenvalue weighted by Gasteiger charge is -2.18. The van der Waals surface area contributed by atoms with Crippen molar-refractivity contribution in [1.82, 2.24) is 19.2 Å². The number of nitrogens with zero attached hydrogens (tertiary/aromatic N) is 4. The number of fused-ring (bicyclic) bond motifs is 5. The van der Waals surface area contributed by atoms with Crippen LogP contribution in [0.15, 0.2) is 58.5 Å². The number of amides is 1. The van der Waals surface area contributed by atoms with Crippen molar-refractivity contribution >= 4 is 62.3 Å². The Morgan fingerprint density at radius 2 is 1.97 bits per heavy atom. The fraction of sp³-hybridized carbons (Fsp3) is 0.259. The summed E-state index contributed by atoms with van der Waals surface area (Å²) in [6.45, 7) is 4.19. The highest BCUT2D eigenvalue weighted by Crippen LogP contribution is 2.38. The maximum atomic E-state index is 14.0. The summed E-state index contributed by atoms with van der Waals surface area (Å²) in [5.74, 6) is 0.980. The Balaban J connectivity index is 1.47. The zero-order valence-electron chi connectivity index (χ0n) is 20.3. The van der Waals surface area contributed by atoms with Gasteiger partial charge >= 0.3 is 0 Å². The van der Waals surface area contributed by atoms with E-state index in [-0.39, 0.29) is 17.2 Å². The van der Waals surface area contributed by atoms with Gasteiger partial charge in [-0.25, -0.2) is 8.97 Å². The first-order chi connectivity index (χ1) is 17.9. The van der Waals surface area contributed by atoms with Crippen molar-refractivity contribution in [2.75, 3.05) is 11.1 Å². The van der Waals surface area contributed by atoms with E-state index >= 15 is 0 Å². The maximum absolute atomic E-state index is 14.0. The number of halogens is 1. The van der Waals surface area contributed by atoms with Crippen LogP contribution in [0.25, 0.3) is 21.7 Å². The van der Waals surface area contributed by atoms with Crippen molar-refractivity contribution in [2.24, 2.45) is 5.92 Å². The molecule has 3 heterocycles. The molecular weight excluding hydrogens is 526 g/mol. The molecule has 6 rings (SSSR count). The Morgan fingerprint density at radius 3 is 2.76 bits per heavy atom. The molecule has 5 aromatic rings. The molecule has 1 aliphatic carbocycles. The Bertz CT molecular complexity index is 1720. The van der Waals surface area contributed by atoms with E-state index in [1.54, 1.807) is 28.0 Å². The minimum absolute atomic E-state index is 0.0994. The zero-order chi connectivity index (χ0) is 25.7. The average molecular weight is 550 g/mol. The molecular formula is C27H24ClN5O2S2. The van der Waals surface area contributed by atoms with Crippen LogP contribution in [-0.4, -0.2) is 30.8 Å². The summed E-state index contributed by atoms with van der Waals surface area (Å²) < 4.78 is 3.54. The maximum Gasteiger partial charge on any atom is 0.268 e. The number of para-hydroxylation sites is 1. The molecule has 37 heavy (non-hydrogen) atoms. The lowest BCUT2D eigenvalue weighted by Crippen LogP contribution is -2.23. The third kappa shape index (κ3) is 4.35. The number of hydrogen-bond acceptors (Lipinski definition) is 6. The van der Waals surface area contributed by atoms with E-state index in [1.165, 1.54) is 16.6 Å².